The van der Waals surface area contributed by atoms with Crippen molar-refractivity contribution in [3.63, 3.8) is 0 Å². The Bertz CT molecular complexity index is 733. The van der Waals surface area contributed by atoms with E-state index in [9.17, 15) is 9.59 Å². The molecule has 0 spiro atoms. The summed E-state index contributed by atoms with van der Waals surface area (Å²) in [5, 5.41) is 2.78. The Morgan fingerprint density at radius 2 is 2.00 bits per heavy atom. The van der Waals surface area contributed by atoms with E-state index in [2.05, 4.69) is 5.32 Å². The van der Waals surface area contributed by atoms with E-state index in [1.54, 1.807) is 45.0 Å². The van der Waals surface area contributed by atoms with E-state index in [4.69, 9.17) is 13.9 Å². The highest BCUT2D eigenvalue weighted by Gasteiger charge is 2.15. The van der Waals surface area contributed by atoms with E-state index in [0.717, 1.165) is 0 Å². The maximum Gasteiger partial charge on any atom is 0.310 e. The fraction of sp³-hybridized carbons (Fsp3) is 0.333. The highest BCUT2D eigenvalue weighted by molar-refractivity contribution is 6.05. The Hall–Kier alpha value is -2.76. The molecule has 1 N–H and O–H groups in total. The molecular weight excluding hydrogens is 310 g/mol. The van der Waals surface area contributed by atoms with E-state index in [0.29, 0.717) is 28.3 Å². The van der Waals surface area contributed by atoms with Gasteiger partial charge in [0.05, 0.1) is 31.5 Å². The Labute approximate surface area is 140 Å². The predicted molar refractivity (Wildman–Crippen MR) is 89.3 cm³/mol. The molecule has 2 aromatic rings. The van der Waals surface area contributed by atoms with Gasteiger partial charge < -0.3 is 19.2 Å². The summed E-state index contributed by atoms with van der Waals surface area (Å²) in [4.78, 5) is 24.1. The summed E-state index contributed by atoms with van der Waals surface area (Å²) in [6.45, 7) is 5.30. The molecule has 24 heavy (non-hydrogen) atoms. The third-order valence-corrected chi connectivity index (χ3v) is 3.34. The average Bonchev–Trinajstić information content (AvgIpc) is 2.93. The fourth-order valence-electron chi connectivity index (χ4n) is 2.27. The SMILES string of the molecule is COc1ccc(NC(=O)c2ccoc2C)cc1CC(=O)OC(C)C. The first-order valence-electron chi connectivity index (χ1n) is 7.62. The number of hydrogen-bond acceptors (Lipinski definition) is 5. The number of rotatable bonds is 6. The molecule has 6 nitrogen and oxygen atoms in total. The average molecular weight is 331 g/mol. The first-order chi connectivity index (χ1) is 11.4. The van der Waals surface area contributed by atoms with Crippen molar-refractivity contribution in [2.75, 3.05) is 12.4 Å². The van der Waals surface area contributed by atoms with Crippen molar-refractivity contribution in [2.45, 2.75) is 33.3 Å². The Morgan fingerprint density at radius 3 is 2.58 bits per heavy atom. The molecule has 0 saturated heterocycles. The van der Waals surface area contributed by atoms with E-state index < -0.39 is 0 Å². The van der Waals surface area contributed by atoms with Crippen LogP contribution in [0.1, 0.15) is 35.5 Å². The summed E-state index contributed by atoms with van der Waals surface area (Å²) >= 11 is 0. The first-order valence-corrected chi connectivity index (χ1v) is 7.62. The molecule has 1 amide bonds. The van der Waals surface area contributed by atoms with Crippen LogP contribution in [0.25, 0.3) is 0 Å². The van der Waals surface area contributed by atoms with E-state index in [-0.39, 0.29) is 24.4 Å². The molecule has 1 aromatic carbocycles. The minimum absolute atomic E-state index is 0.0653. The lowest BCUT2D eigenvalue weighted by Gasteiger charge is -2.12. The van der Waals surface area contributed by atoms with Gasteiger partial charge in [-0.3, -0.25) is 9.59 Å². The summed E-state index contributed by atoms with van der Waals surface area (Å²) in [5.74, 6) is 0.481. The van der Waals surface area contributed by atoms with Crippen LogP contribution < -0.4 is 10.1 Å². The number of amides is 1. The van der Waals surface area contributed by atoms with Crippen molar-refractivity contribution in [1.82, 2.24) is 0 Å². The van der Waals surface area contributed by atoms with Gasteiger partial charge in [-0.25, -0.2) is 0 Å². The number of ether oxygens (including phenoxy) is 2. The van der Waals surface area contributed by atoms with Gasteiger partial charge in [0, 0.05) is 11.3 Å². The van der Waals surface area contributed by atoms with E-state index in [1.165, 1.54) is 13.4 Å². The monoisotopic (exact) mass is 331 g/mol. The molecule has 128 valence electrons. The molecule has 6 heteroatoms. The van der Waals surface area contributed by atoms with Crippen LogP contribution >= 0.6 is 0 Å². The standard InChI is InChI=1S/C18H21NO5/c1-11(2)24-17(20)10-13-9-14(5-6-16(13)22-4)19-18(21)15-7-8-23-12(15)3/h5-9,11H,10H2,1-4H3,(H,19,21). The fourth-order valence-corrected chi connectivity index (χ4v) is 2.27. The quantitative estimate of drug-likeness (QED) is 0.821. The molecule has 0 atom stereocenters. The lowest BCUT2D eigenvalue weighted by atomic mass is 10.1. The van der Waals surface area contributed by atoms with Gasteiger partial charge in [-0.15, -0.1) is 0 Å². The minimum atomic E-state index is -0.350. The second kappa shape index (κ2) is 7.68. The van der Waals surface area contributed by atoms with Gasteiger partial charge in [-0.1, -0.05) is 0 Å². The van der Waals surface area contributed by atoms with Gasteiger partial charge >= 0.3 is 5.97 Å². The number of benzene rings is 1. The Kier molecular flexibility index (Phi) is 5.63. The van der Waals surface area contributed by atoms with Crippen molar-refractivity contribution in [2.24, 2.45) is 0 Å². The van der Waals surface area contributed by atoms with Crippen LogP contribution in [0.15, 0.2) is 34.9 Å². The summed E-state index contributed by atoms with van der Waals surface area (Å²) in [6, 6.07) is 6.72. The number of carbonyl (C=O) groups excluding carboxylic acids is 2. The smallest absolute Gasteiger partial charge is 0.310 e. The molecule has 0 saturated carbocycles. The van der Waals surface area contributed by atoms with Gasteiger partial charge in [0.15, 0.2) is 0 Å². The van der Waals surface area contributed by atoms with Crippen LogP contribution in [0.2, 0.25) is 0 Å². The van der Waals surface area contributed by atoms with Crippen LogP contribution in [0.3, 0.4) is 0 Å². The zero-order chi connectivity index (χ0) is 17.7. The van der Waals surface area contributed by atoms with Crippen LogP contribution in [-0.2, 0) is 16.0 Å². The minimum Gasteiger partial charge on any atom is -0.496 e. The number of carbonyl (C=O) groups is 2. The summed E-state index contributed by atoms with van der Waals surface area (Å²) in [7, 11) is 1.53. The summed E-state index contributed by atoms with van der Waals surface area (Å²) in [6.07, 6.45) is 1.34. The normalized spacial score (nSPS) is 10.5. The highest BCUT2D eigenvalue weighted by atomic mass is 16.5. The number of nitrogens with one attached hydrogen (secondary N) is 1. The van der Waals surface area contributed by atoms with Crippen molar-refractivity contribution in [3.05, 3.63) is 47.4 Å². The summed E-state index contributed by atoms with van der Waals surface area (Å²) < 4.78 is 15.6. The highest BCUT2D eigenvalue weighted by Crippen LogP contribution is 2.24. The van der Waals surface area contributed by atoms with Crippen LogP contribution in [0.4, 0.5) is 5.69 Å². The first kappa shape index (κ1) is 17.6. The van der Waals surface area contributed by atoms with Crippen LogP contribution in [-0.4, -0.2) is 25.1 Å². The number of methoxy groups -OCH3 is 1. The molecule has 0 aliphatic heterocycles. The molecule has 0 aliphatic carbocycles. The molecule has 0 bridgehead atoms. The molecule has 1 heterocycles. The third-order valence-electron chi connectivity index (χ3n) is 3.34. The van der Waals surface area contributed by atoms with Gasteiger partial charge in [0.25, 0.3) is 5.91 Å². The zero-order valence-electron chi connectivity index (χ0n) is 14.2. The van der Waals surface area contributed by atoms with Crippen molar-refractivity contribution < 1.29 is 23.5 Å². The van der Waals surface area contributed by atoms with Crippen molar-refractivity contribution in [3.8, 4) is 5.75 Å². The lowest BCUT2D eigenvalue weighted by molar-refractivity contribution is -0.146. The van der Waals surface area contributed by atoms with Gasteiger partial charge in [-0.2, -0.15) is 0 Å². The number of hydrogen-bond donors (Lipinski definition) is 1. The topological polar surface area (TPSA) is 77.8 Å². The second-order valence-electron chi connectivity index (χ2n) is 5.59. The molecule has 0 aliphatic rings. The third kappa shape index (κ3) is 4.38. The second-order valence-corrected chi connectivity index (χ2v) is 5.59. The van der Waals surface area contributed by atoms with Gasteiger partial charge in [0.1, 0.15) is 11.5 Å². The van der Waals surface area contributed by atoms with Crippen molar-refractivity contribution in [1.29, 1.82) is 0 Å². The zero-order valence-corrected chi connectivity index (χ0v) is 14.2. The molecule has 0 fully saturated rings. The molecule has 2 rings (SSSR count). The molecule has 0 unspecified atom stereocenters. The largest absolute Gasteiger partial charge is 0.496 e. The number of esters is 1. The number of aryl methyl sites for hydroxylation is 1. The van der Waals surface area contributed by atoms with Gasteiger partial charge in [-0.05, 0) is 45.0 Å². The van der Waals surface area contributed by atoms with Gasteiger partial charge in [0.2, 0.25) is 0 Å². The maximum atomic E-state index is 12.2. The number of furan rings is 1. The number of anilines is 1. The van der Waals surface area contributed by atoms with Crippen LogP contribution in [0.5, 0.6) is 5.75 Å². The summed E-state index contributed by atoms with van der Waals surface area (Å²) in [5.41, 5.74) is 1.67. The van der Waals surface area contributed by atoms with Crippen LogP contribution in [0, 0.1) is 6.92 Å². The maximum absolute atomic E-state index is 12.2. The molecular formula is C18H21NO5. The molecule has 1 aromatic heterocycles. The molecule has 0 radical (unpaired) electrons. The Morgan fingerprint density at radius 1 is 1.25 bits per heavy atom. The van der Waals surface area contributed by atoms with E-state index >= 15 is 0 Å². The van der Waals surface area contributed by atoms with Crippen molar-refractivity contribution >= 4 is 17.6 Å². The Balaban J connectivity index is 2.17. The van der Waals surface area contributed by atoms with E-state index in [1.807, 2.05) is 0 Å². The predicted octanol–water partition coefficient (Wildman–Crippen LogP) is 3.34. The lowest BCUT2D eigenvalue weighted by Crippen LogP contribution is -2.15.